The van der Waals surface area contributed by atoms with Crippen LogP contribution in [0.15, 0.2) is 0 Å². The molecule has 158 valence electrons. The summed E-state index contributed by atoms with van der Waals surface area (Å²) in [6.45, 7) is 4.95. The van der Waals surface area contributed by atoms with Crippen molar-refractivity contribution < 1.29 is 27.9 Å². The van der Waals surface area contributed by atoms with Gasteiger partial charge in [0.2, 0.25) is 10.0 Å². The Morgan fingerprint density at radius 1 is 1.22 bits per heavy atom. The summed E-state index contributed by atoms with van der Waals surface area (Å²) in [5.74, 6) is -0.360. The molecule has 0 aliphatic carbocycles. The molecule has 1 amide bonds. The molecule has 0 saturated carbocycles. The van der Waals surface area contributed by atoms with Crippen LogP contribution in [0, 0.1) is 5.92 Å². The van der Waals surface area contributed by atoms with Gasteiger partial charge in [-0.25, -0.2) is 18.2 Å². The van der Waals surface area contributed by atoms with Crippen LogP contribution in [0.3, 0.4) is 0 Å². The molecule has 0 spiro atoms. The van der Waals surface area contributed by atoms with E-state index in [9.17, 15) is 13.2 Å². The van der Waals surface area contributed by atoms with Crippen molar-refractivity contribution in [2.75, 3.05) is 39.5 Å². The second kappa shape index (κ2) is 10.7. The molecule has 27 heavy (non-hydrogen) atoms. The summed E-state index contributed by atoms with van der Waals surface area (Å²) in [4.78, 5) is 12.3. The lowest BCUT2D eigenvalue weighted by atomic mass is 9.93. The first-order valence-electron chi connectivity index (χ1n) is 10.1. The number of hydroxylamine groups is 1. The molecule has 0 aromatic heterocycles. The summed E-state index contributed by atoms with van der Waals surface area (Å²) < 4.78 is 37.1. The lowest BCUT2D eigenvalue weighted by molar-refractivity contribution is -0.134. The van der Waals surface area contributed by atoms with Gasteiger partial charge in [-0.3, -0.25) is 10.0 Å². The van der Waals surface area contributed by atoms with Gasteiger partial charge in [-0.15, -0.1) is 0 Å². The first-order chi connectivity index (χ1) is 13.0. The fraction of sp³-hybridized carbons (Fsp3) is 0.944. The normalized spacial score (nSPS) is 21.9. The van der Waals surface area contributed by atoms with Crippen LogP contribution < -0.4 is 5.48 Å². The molecule has 0 aromatic rings. The van der Waals surface area contributed by atoms with Crippen molar-refractivity contribution in [2.24, 2.45) is 5.92 Å². The van der Waals surface area contributed by atoms with Crippen molar-refractivity contribution in [3.8, 4) is 0 Å². The van der Waals surface area contributed by atoms with Gasteiger partial charge in [-0.2, -0.15) is 0 Å². The number of amides is 1. The van der Waals surface area contributed by atoms with E-state index in [0.717, 1.165) is 51.7 Å². The van der Waals surface area contributed by atoms with Gasteiger partial charge in [0.1, 0.15) is 0 Å². The van der Waals surface area contributed by atoms with E-state index < -0.39 is 20.7 Å². The van der Waals surface area contributed by atoms with Crippen molar-refractivity contribution in [3.63, 3.8) is 0 Å². The Hall–Kier alpha value is -0.740. The lowest BCUT2D eigenvalue weighted by Gasteiger charge is -2.40. The van der Waals surface area contributed by atoms with Crippen molar-refractivity contribution in [1.29, 1.82) is 0 Å². The molecule has 2 rings (SSSR count). The molecule has 2 aliphatic heterocycles. The second-order valence-electron chi connectivity index (χ2n) is 7.50. The summed E-state index contributed by atoms with van der Waals surface area (Å²) in [6, 6.07) is 0. The number of rotatable bonds is 10. The smallest absolute Gasteiger partial charge is 0.266 e. The second-order valence-corrected chi connectivity index (χ2v) is 9.75. The third kappa shape index (κ3) is 5.41. The number of carbonyl (C=O) groups excluding carboxylic acids is 1. The number of ether oxygens (including phenoxy) is 2. The Balaban J connectivity index is 1.87. The Morgan fingerprint density at radius 3 is 2.44 bits per heavy atom. The monoisotopic (exact) mass is 406 g/mol. The highest BCUT2D eigenvalue weighted by Gasteiger charge is 2.54. The minimum Gasteiger partial charge on any atom is -0.381 e. The number of sulfonamides is 1. The first-order valence-corrected chi connectivity index (χ1v) is 11.5. The van der Waals surface area contributed by atoms with Crippen LogP contribution in [0.2, 0.25) is 0 Å². The maximum absolute atomic E-state index is 13.2. The SMILES string of the molecule is CCCCOCCCC1CCN(S(=O)(=O)C2(C(=O)NO)CCOCC2)CC1. The number of piperidine rings is 1. The van der Waals surface area contributed by atoms with Gasteiger partial charge in [0.15, 0.2) is 4.75 Å². The molecule has 2 aliphatic rings. The number of hydrogen-bond acceptors (Lipinski definition) is 6. The Kier molecular flexibility index (Phi) is 8.94. The molecule has 2 N–H and O–H groups in total. The Morgan fingerprint density at radius 2 is 1.85 bits per heavy atom. The topological polar surface area (TPSA) is 105 Å². The number of nitrogens with one attached hydrogen (secondary N) is 1. The minimum absolute atomic E-state index is 0.0662. The molecule has 0 atom stereocenters. The van der Waals surface area contributed by atoms with Crippen LogP contribution in [0.25, 0.3) is 0 Å². The lowest BCUT2D eigenvalue weighted by Crippen LogP contribution is -2.60. The fourth-order valence-corrected chi connectivity index (χ4v) is 6.06. The third-order valence-electron chi connectivity index (χ3n) is 5.77. The average molecular weight is 407 g/mol. The molecule has 0 radical (unpaired) electrons. The van der Waals surface area contributed by atoms with Crippen molar-refractivity contribution in [1.82, 2.24) is 9.79 Å². The Labute approximate surface area is 162 Å². The van der Waals surface area contributed by atoms with E-state index in [1.807, 2.05) is 0 Å². The van der Waals surface area contributed by atoms with Crippen LogP contribution >= 0.6 is 0 Å². The maximum atomic E-state index is 13.2. The molecule has 0 unspecified atom stereocenters. The van der Waals surface area contributed by atoms with Crippen molar-refractivity contribution >= 4 is 15.9 Å². The first kappa shape index (κ1) is 22.5. The molecular weight excluding hydrogens is 372 g/mol. The summed E-state index contributed by atoms with van der Waals surface area (Å²) in [6.07, 6.45) is 5.97. The predicted octanol–water partition coefficient (Wildman–Crippen LogP) is 1.68. The van der Waals surface area contributed by atoms with Crippen LogP contribution in [0.5, 0.6) is 0 Å². The number of nitrogens with zero attached hydrogens (tertiary/aromatic N) is 1. The Bertz CT molecular complexity index is 554. The van der Waals surface area contributed by atoms with Gasteiger partial charge >= 0.3 is 0 Å². The zero-order valence-corrected chi connectivity index (χ0v) is 17.1. The van der Waals surface area contributed by atoms with Gasteiger partial charge in [0.25, 0.3) is 5.91 Å². The molecule has 2 saturated heterocycles. The molecule has 2 heterocycles. The van der Waals surface area contributed by atoms with E-state index in [2.05, 4.69) is 6.92 Å². The van der Waals surface area contributed by atoms with E-state index in [1.54, 1.807) is 5.48 Å². The summed E-state index contributed by atoms with van der Waals surface area (Å²) in [7, 11) is -3.86. The summed E-state index contributed by atoms with van der Waals surface area (Å²) >= 11 is 0. The van der Waals surface area contributed by atoms with Crippen LogP contribution in [-0.2, 0) is 24.3 Å². The fourth-order valence-electron chi connectivity index (χ4n) is 3.91. The number of unbranched alkanes of at least 4 members (excludes halogenated alkanes) is 1. The molecule has 8 nitrogen and oxygen atoms in total. The van der Waals surface area contributed by atoms with Crippen molar-refractivity contribution in [2.45, 2.75) is 63.0 Å². The molecule has 2 fully saturated rings. The maximum Gasteiger partial charge on any atom is 0.266 e. The average Bonchev–Trinajstić information content (AvgIpc) is 2.70. The number of hydrogen-bond donors (Lipinski definition) is 2. The van der Waals surface area contributed by atoms with E-state index in [0.29, 0.717) is 19.0 Å². The predicted molar refractivity (Wildman–Crippen MR) is 101 cm³/mol. The van der Waals surface area contributed by atoms with E-state index in [4.69, 9.17) is 14.7 Å². The van der Waals surface area contributed by atoms with Gasteiger partial charge in [-0.1, -0.05) is 13.3 Å². The van der Waals surface area contributed by atoms with Gasteiger partial charge in [-0.05, 0) is 38.0 Å². The van der Waals surface area contributed by atoms with Crippen LogP contribution in [-0.4, -0.2) is 68.1 Å². The molecule has 0 bridgehead atoms. The van der Waals surface area contributed by atoms with Gasteiger partial charge in [0.05, 0.1) is 0 Å². The van der Waals surface area contributed by atoms with E-state index in [1.165, 1.54) is 4.31 Å². The largest absolute Gasteiger partial charge is 0.381 e. The van der Waals surface area contributed by atoms with Gasteiger partial charge < -0.3 is 9.47 Å². The highest BCUT2D eigenvalue weighted by Crippen LogP contribution is 2.35. The van der Waals surface area contributed by atoms with E-state index >= 15 is 0 Å². The highest BCUT2D eigenvalue weighted by atomic mass is 32.2. The minimum atomic E-state index is -3.86. The van der Waals surface area contributed by atoms with E-state index in [-0.39, 0.29) is 26.1 Å². The van der Waals surface area contributed by atoms with Crippen LogP contribution in [0.4, 0.5) is 0 Å². The molecule has 9 heteroatoms. The zero-order chi connectivity index (χ0) is 19.8. The third-order valence-corrected chi connectivity index (χ3v) is 8.39. The molecular formula is C18H34N2O6S. The van der Waals surface area contributed by atoms with Crippen molar-refractivity contribution in [3.05, 3.63) is 0 Å². The summed E-state index contributed by atoms with van der Waals surface area (Å²) in [5.41, 5.74) is 1.56. The van der Waals surface area contributed by atoms with Gasteiger partial charge in [0, 0.05) is 52.4 Å². The highest BCUT2D eigenvalue weighted by molar-refractivity contribution is 7.91. The molecule has 0 aromatic carbocycles. The number of carbonyl (C=O) groups is 1. The van der Waals surface area contributed by atoms with Crippen LogP contribution in [0.1, 0.15) is 58.3 Å². The zero-order valence-electron chi connectivity index (χ0n) is 16.3. The quantitative estimate of drug-likeness (QED) is 0.325. The standard InChI is InChI=1S/C18H34N2O6S/c1-2-3-12-25-13-4-5-16-6-10-20(11-7-16)27(23,24)18(17(21)19-22)8-14-26-15-9-18/h16,22H,2-15H2,1H3,(H,19,21). The summed E-state index contributed by atoms with van der Waals surface area (Å²) in [5, 5.41) is 9.10.